The Morgan fingerprint density at radius 3 is 3.00 bits per heavy atom. The molecule has 2 rings (SSSR count). The summed E-state index contributed by atoms with van der Waals surface area (Å²) in [6.45, 7) is 0.248. The molecule has 1 aromatic heterocycles. The molecule has 0 fully saturated rings. The standard InChI is InChI=1S/C13H14N2O3S/c14-15-13(17)12-10(4-5-19-12)8-18-11-3-1-2-9(6-11)7-16/h1-6,16H,7-8,14H2,(H,15,17). The predicted octanol–water partition coefficient (Wildman–Crippen LogP) is 1.42. The van der Waals surface area contributed by atoms with Crippen LogP contribution in [0.5, 0.6) is 5.75 Å². The third kappa shape index (κ3) is 3.31. The lowest BCUT2D eigenvalue weighted by atomic mass is 10.2. The molecule has 0 saturated heterocycles. The number of benzene rings is 1. The SMILES string of the molecule is NNC(=O)c1sccc1COc1cccc(CO)c1. The zero-order chi connectivity index (χ0) is 13.7. The third-order valence-corrected chi connectivity index (χ3v) is 3.51. The summed E-state index contributed by atoms with van der Waals surface area (Å²) in [4.78, 5) is 12.0. The molecule has 0 unspecified atom stereocenters. The van der Waals surface area contributed by atoms with Crippen molar-refractivity contribution in [2.75, 3.05) is 0 Å². The van der Waals surface area contributed by atoms with Gasteiger partial charge in [0.2, 0.25) is 0 Å². The van der Waals surface area contributed by atoms with E-state index in [0.717, 1.165) is 11.1 Å². The van der Waals surface area contributed by atoms with E-state index >= 15 is 0 Å². The average Bonchev–Trinajstić information content (AvgIpc) is 2.93. The zero-order valence-electron chi connectivity index (χ0n) is 10.1. The highest BCUT2D eigenvalue weighted by Gasteiger charge is 2.12. The van der Waals surface area contributed by atoms with E-state index in [1.807, 2.05) is 23.6 Å². The van der Waals surface area contributed by atoms with Crippen LogP contribution in [0.25, 0.3) is 0 Å². The predicted molar refractivity (Wildman–Crippen MR) is 72.7 cm³/mol. The molecule has 0 radical (unpaired) electrons. The highest BCUT2D eigenvalue weighted by molar-refractivity contribution is 7.12. The number of hydrazine groups is 1. The Kier molecular flexibility index (Phi) is 4.51. The summed E-state index contributed by atoms with van der Waals surface area (Å²) in [6.07, 6.45) is 0. The number of carbonyl (C=O) groups is 1. The van der Waals surface area contributed by atoms with Gasteiger partial charge in [-0.15, -0.1) is 11.3 Å². The zero-order valence-corrected chi connectivity index (χ0v) is 10.9. The Morgan fingerprint density at radius 2 is 2.26 bits per heavy atom. The van der Waals surface area contributed by atoms with E-state index in [4.69, 9.17) is 15.7 Å². The van der Waals surface area contributed by atoms with Crippen molar-refractivity contribution < 1.29 is 14.6 Å². The molecule has 0 spiro atoms. The number of hydrogen-bond acceptors (Lipinski definition) is 5. The molecular weight excluding hydrogens is 264 g/mol. The van der Waals surface area contributed by atoms with Crippen molar-refractivity contribution in [1.29, 1.82) is 0 Å². The lowest BCUT2D eigenvalue weighted by molar-refractivity contribution is 0.0955. The largest absolute Gasteiger partial charge is 0.489 e. The maximum Gasteiger partial charge on any atom is 0.275 e. The second-order valence-electron chi connectivity index (χ2n) is 3.84. The van der Waals surface area contributed by atoms with E-state index in [2.05, 4.69) is 5.43 Å². The summed E-state index contributed by atoms with van der Waals surface area (Å²) < 4.78 is 5.60. The Hall–Kier alpha value is -1.89. The van der Waals surface area contributed by atoms with Crippen LogP contribution in [0.4, 0.5) is 0 Å². The fourth-order valence-electron chi connectivity index (χ4n) is 1.61. The quantitative estimate of drug-likeness (QED) is 0.439. The molecule has 6 heteroatoms. The van der Waals surface area contributed by atoms with Gasteiger partial charge < -0.3 is 9.84 Å². The summed E-state index contributed by atoms with van der Waals surface area (Å²) in [5, 5.41) is 10.9. The molecule has 19 heavy (non-hydrogen) atoms. The minimum absolute atomic E-state index is 0.0313. The molecule has 0 aliphatic heterocycles. The van der Waals surface area contributed by atoms with Gasteiger partial charge in [0, 0.05) is 5.56 Å². The van der Waals surface area contributed by atoms with Gasteiger partial charge >= 0.3 is 0 Å². The first-order chi connectivity index (χ1) is 9.24. The molecule has 1 aromatic carbocycles. The molecule has 1 heterocycles. The Morgan fingerprint density at radius 1 is 1.42 bits per heavy atom. The van der Waals surface area contributed by atoms with Crippen molar-refractivity contribution in [2.24, 2.45) is 5.84 Å². The normalized spacial score (nSPS) is 10.2. The third-order valence-electron chi connectivity index (χ3n) is 2.56. The number of thiophene rings is 1. The number of aliphatic hydroxyl groups is 1. The minimum Gasteiger partial charge on any atom is -0.489 e. The lowest BCUT2D eigenvalue weighted by Crippen LogP contribution is -2.30. The molecule has 0 bridgehead atoms. The van der Waals surface area contributed by atoms with Gasteiger partial charge in [-0.05, 0) is 29.1 Å². The summed E-state index contributed by atoms with van der Waals surface area (Å²) in [6, 6.07) is 9.00. The molecule has 5 nitrogen and oxygen atoms in total. The van der Waals surface area contributed by atoms with Crippen LogP contribution < -0.4 is 16.0 Å². The van der Waals surface area contributed by atoms with Gasteiger partial charge in [-0.3, -0.25) is 10.2 Å². The molecule has 0 atom stereocenters. The van der Waals surface area contributed by atoms with Crippen LogP contribution >= 0.6 is 11.3 Å². The molecule has 1 amide bonds. The van der Waals surface area contributed by atoms with Crippen molar-refractivity contribution in [1.82, 2.24) is 5.43 Å². The molecule has 2 aromatic rings. The van der Waals surface area contributed by atoms with E-state index in [1.54, 1.807) is 12.1 Å². The van der Waals surface area contributed by atoms with Gasteiger partial charge in [-0.25, -0.2) is 5.84 Å². The minimum atomic E-state index is -0.322. The first-order valence-electron chi connectivity index (χ1n) is 5.64. The first kappa shape index (κ1) is 13.5. The van der Waals surface area contributed by atoms with E-state index < -0.39 is 0 Å². The van der Waals surface area contributed by atoms with Crippen molar-refractivity contribution in [3.63, 3.8) is 0 Å². The Balaban J connectivity index is 2.06. The molecule has 0 aliphatic rings. The Bertz CT molecular complexity index is 569. The second-order valence-corrected chi connectivity index (χ2v) is 4.76. The van der Waals surface area contributed by atoms with E-state index in [9.17, 15) is 4.79 Å². The van der Waals surface area contributed by atoms with E-state index in [-0.39, 0.29) is 19.1 Å². The van der Waals surface area contributed by atoms with Crippen LogP contribution in [-0.4, -0.2) is 11.0 Å². The van der Waals surface area contributed by atoms with E-state index in [0.29, 0.717) is 10.6 Å². The monoisotopic (exact) mass is 278 g/mol. The fourth-order valence-corrected chi connectivity index (χ4v) is 2.42. The van der Waals surface area contributed by atoms with Crippen LogP contribution in [0.15, 0.2) is 35.7 Å². The summed E-state index contributed by atoms with van der Waals surface area (Å²) in [5.74, 6) is 5.44. The van der Waals surface area contributed by atoms with Crippen LogP contribution in [0.2, 0.25) is 0 Å². The van der Waals surface area contributed by atoms with Crippen molar-refractivity contribution in [3.8, 4) is 5.75 Å². The number of carbonyl (C=O) groups excluding carboxylic acids is 1. The van der Waals surface area contributed by atoms with Gasteiger partial charge in [0.05, 0.1) is 11.5 Å². The van der Waals surface area contributed by atoms with Gasteiger partial charge in [-0.1, -0.05) is 12.1 Å². The number of rotatable bonds is 5. The van der Waals surface area contributed by atoms with Crippen LogP contribution in [0, 0.1) is 0 Å². The number of amides is 1. The summed E-state index contributed by atoms with van der Waals surface area (Å²) in [5.41, 5.74) is 3.67. The smallest absolute Gasteiger partial charge is 0.275 e. The highest BCUT2D eigenvalue weighted by Crippen LogP contribution is 2.20. The molecular formula is C13H14N2O3S. The van der Waals surface area contributed by atoms with E-state index in [1.165, 1.54) is 11.3 Å². The molecule has 4 N–H and O–H groups in total. The molecule has 100 valence electrons. The van der Waals surface area contributed by atoms with Crippen LogP contribution in [0.3, 0.4) is 0 Å². The topological polar surface area (TPSA) is 84.6 Å². The van der Waals surface area contributed by atoms with Crippen molar-refractivity contribution in [3.05, 3.63) is 51.7 Å². The lowest BCUT2D eigenvalue weighted by Gasteiger charge is -2.07. The van der Waals surface area contributed by atoms with Gasteiger partial charge in [0.25, 0.3) is 5.91 Å². The van der Waals surface area contributed by atoms with Crippen LogP contribution in [-0.2, 0) is 13.2 Å². The average molecular weight is 278 g/mol. The van der Waals surface area contributed by atoms with Gasteiger partial charge in [-0.2, -0.15) is 0 Å². The Labute approximate surface area is 114 Å². The summed E-state index contributed by atoms with van der Waals surface area (Å²) >= 11 is 1.31. The highest BCUT2D eigenvalue weighted by atomic mass is 32.1. The maximum atomic E-state index is 11.5. The molecule has 0 aliphatic carbocycles. The number of nitrogens with two attached hydrogens (primary N) is 1. The van der Waals surface area contributed by atoms with Gasteiger partial charge in [0.1, 0.15) is 12.4 Å². The second kappa shape index (κ2) is 6.33. The number of hydrogen-bond donors (Lipinski definition) is 3. The maximum absolute atomic E-state index is 11.5. The molecule has 0 saturated carbocycles. The van der Waals surface area contributed by atoms with Crippen LogP contribution in [0.1, 0.15) is 20.8 Å². The first-order valence-corrected chi connectivity index (χ1v) is 6.52. The van der Waals surface area contributed by atoms with Crippen molar-refractivity contribution >= 4 is 17.2 Å². The van der Waals surface area contributed by atoms with Crippen molar-refractivity contribution in [2.45, 2.75) is 13.2 Å². The fraction of sp³-hybridized carbons (Fsp3) is 0.154. The number of ether oxygens (including phenoxy) is 1. The van der Waals surface area contributed by atoms with Gasteiger partial charge in [0.15, 0.2) is 0 Å². The number of aliphatic hydroxyl groups excluding tert-OH is 1. The summed E-state index contributed by atoms with van der Waals surface area (Å²) in [7, 11) is 0. The number of nitrogens with one attached hydrogen (secondary N) is 1. The number of nitrogen functional groups attached to an aromatic ring is 1.